The van der Waals surface area contributed by atoms with E-state index in [1.54, 1.807) is 24.3 Å². The number of azide groups is 1. The van der Waals surface area contributed by atoms with Crippen LogP contribution in [-0.4, -0.2) is 38.1 Å². The molecule has 0 saturated carbocycles. The van der Waals surface area contributed by atoms with Crippen molar-refractivity contribution in [3.8, 4) is 0 Å². The lowest BCUT2D eigenvalue weighted by Gasteiger charge is -2.09. The standard InChI is InChI=1S/C11H14N4O2/c1-15(2)7-8-17-11(16)9-3-5-10(6-4-9)13-14-12/h3-6H,7-8H2,1-2H3. The van der Waals surface area contributed by atoms with E-state index in [1.807, 2.05) is 19.0 Å². The van der Waals surface area contributed by atoms with Crippen LogP contribution < -0.4 is 0 Å². The molecule has 0 aliphatic heterocycles. The number of esters is 1. The van der Waals surface area contributed by atoms with Crippen LogP contribution in [0.5, 0.6) is 0 Å². The van der Waals surface area contributed by atoms with Crippen LogP contribution in [0.15, 0.2) is 29.4 Å². The molecule has 0 unspecified atom stereocenters. The molecule has 0 amide bonds. The van der Waals surface area contributed by atoms with Crippen LogP contribution in [0.3, 0.4) is 0 Å². The largest absolute Gasteiger partial charge is 0.461 e. The average molecular weight is 234 g/mol. The summed E-state index contributed by atoms with van der Waals surface area (Å²) in [5.74, 6) is -0.376. The Hall–Kier alpha value is -2.04. The van der Waals surface area contributed by atoms with E-state index in [-0.39, 0.29) is 5.97 Å². The molecule has 17 heavy (non-hydrogen) atoms. The van der Waals surface area contributed by atoms with E-state index in [0.29, 0.717) is 24.4 Å². The average Bonchev–Trinajstić information content (AvgIpc) is 2.30. The van der Waals surface area contributed by atoms with Crippen molar-refractivity contribution in [3.63, 3.8) is 0 Å². The summed E-state index contributed by atoms with van der Waals surface area (Å²) in [5, 5.41) is 3.41. The number of carbonyl (C=O) groups excluding carboxylic acids is 1. The second-order valence-electron chi connectivity index (χ2n) is 3.68. The van der Waals surface area contributed by atoms with E-state index >= 15 is 0 Å². The zero-order valence-corrected chi connectivity index (χ0v) is 9.83. The summed E-state index contributed by atoms with van der Waals surface area (Å²) in [6.45, 7) is 1.03. The van der Waals surface area contributed by atoms with Crippen LogP contribution in [-0.2, 0) is 4.74 Å². The van der Waals surface area contributed by atoms with Crippen molar-refractivity contribution in [1.82, 2.24) is 4.90 Å². The minimum absolute atomic E-state index is 0.351. The first-order valence-corrected chi connectivity index (χ1v) is 5.10. The summed E-state index contributed by atoms with van der Waals surface area (Å²) in [4.78, 5) is 16.1. The topological polar surface area (TPSA) is 78.3 Å². The van der Waals surface area contributed by atoms with Gasteiger partial charge in [-0.2, -0.15) is 0 Å². The molecule has 1 aromatic carbocycles. The fraction of sp³-hybridized carbons (Fsp3) is 0.364. The number of hydrogen-bond acceptors (Lipinski definition) is 4. The minimum atomic E-state index is -0.376. The number of hydrogen-bond donors (Lipinski definition) is 0. The third-order valence-corrected chi connectivity index (χ3v) is 2.03. The maximum Gasteiger partial charge on any atom is 0.338 e. The van der Waals surface area contributed by atoms with Gasteiger partial charge in [-0.15, -0.1) is 0 Å². The van der Waals surface area contributed by atoms with E-state index in [4.69, 9.17) is 10.3 Å². The van der Waals surface area contributed by atoms with E-state index in [2.05, 4.69) is 10.0 Å². The van der Waals surface area contributed by atoms with E-state index in [0.717, 1.165) is 0 Å². The maximum atomic E-state index is 11.6. The second kappa shape index (κ2) is 6.52. The van der Waals surface area contributed by atoms with Crippen LogP contribution in [0.1, 0.15) is 10.4 Å². The molecular formula is C11H14N4O2. The monoisotopic (exact) mass is 234 g/mol. The van der Waals surface area contributed by atoms with Crippen molar-refractivity contribution in [3.05, 3.63) is 40.3 Å². The summed E-state index contributed by atoms with van der Waals surface area (Å²) in [5.41, 5.74) is 9.14. The Bertz CT molecular complexity index is 422. The van der Waals surface area contributed by atoms with Crippen LogP contribution in [0.2, 0.25) is 0 Å². The number of nitrogens with zero attached hydrogens (tertiary/aromatic N) is 4. The highest BCUT2D eigenvalue weighted by Gasteiger charge is 2.06. The van der Waals surface area contributed by atoms with Crippen molar-refractivity contribution >= 4 is 11.7 Å². The summed E-state index contributed by atoms with van der Waals surface area (Å²) in [7, 11) is 3.81. The van der Waals surface area contributed by atoms with Gasteiger partial charge in [-0.25, -0.2) is 4.79 Å². The zero-order valence-electron chi connectivity index (χ0n) is 9.83. The van der Waals surface area contributed by atoms with Crippen LogP contribution in [0.4, 0.5) is 5.69 Å². The Labute approximate surface area is 99.4 Å². The molecule has 0 heterocycles. The molecule has 0 bridgehead atoms. The Kier molecular flexibility index (Phi) is 5.00. The molecule has 0 N–H and O–H groups in total. The predicted octanol–water partition coefficient (Wildman–Crippen LogP) is 2.35. The van der Waals surface area contributed by atoms with Gasteiger partial charge in [0.2, 0.25) is 0 Å². The zero-order chi connectivity index (χ0) is 12.7. The van der Waals surface area contributed by atoms with Gasteiger partial charge in [0.1, 0.15) is 6.61 Å². The van der Waals surface area contributed by atoms with E-state index in [1.165, 1.54) is 0 Å². The normalized spacial score (nSPS) is 9.82. The van der Waals surface area contributed by atoms with Gasteiger partial charge in [0.25, 0.3) is 0 Å². The molecule has 0 atom stereocenters. The SMILES string of the molecule is CN(C)CCOC(=O)c1ccc(N=[N+]=[N-])cc1. The van der Waals surface area contributed by atoms with Gasteiger partial charge in [-0.1, -0.05) is 17.2 Å². The molecule has 0 radical (unpaired) electrons. The molecule has 90 valence electrons. The van der Waals surface area contributed by atoms with Gasteiger partial charge in [-0.05, 0) is 31.8 Å². The van der Waals surface area contributed by atoms with Gasteiger partial charge >= 0.3 is 5.97 Å². The fourth-order valence-corrected chi connectivity index (χ4v) is 1.12. The highest BCUT2D eigenvalue weighted by molar-refractivity contribution is 5.89. The molecule has 0 aliphatic carbocycles. The molecule has 0 saturated heterocycles. The lowest BCUT2D eigenvalue weighted by atomic mass is 10.2. The molecule has 1 aromatic rings. The summed E-state index contributed by atoms with van der Waals surface area (Å²) >= 11 is 0. The maximum absolute atomic E-state index is 11.6. The third-order valence-electron chi connectivity index (χ3n) is 2.03. The van der Waals surface area contributed by atoms with Crippen molar-refractivity contribution in [1.29, 1.82) is 0 Å². The molecule has 1 rings (SSSR count). The molecular weight excluding hydrogens is 220 g/mol. The molecule has 0 fully saturated rings. The Morgan fingerprint density at radius 2 is 2.06 bits per heavy atom. The smallest absolute Gasteiger partial charge is 0.338 e. The Morgan fingerprint density at radius 3 is 2.59 bits per heavy atom. The van der Waals surface area contributed by atoms with Gasteiger partial charge in [0.05, 0.1) is 5.56 Å². The number of benzene rings is 1. The molecule has 0 spiro atoms. The second-order valence-corrected chi connectivity index (χ2v) is 3.68. The van der Waals surface area contributed by atoms with Crippen LogP contribution in [0.25, 0.3) is 10.4 Å². The van der Waals surface area contributed by atoms with Gasteiger partial charge in [0, 0.05) is 17.1 Å². The van der Waals surface area contributed by atoms with Crippen molar-refractivity contribution in [2.45, 2.75) is 0 Å². The summed E-state index contributed by atoms with van der Waals surface area (Å²) in [6, 6.07) is 6.29. The van der Waals surface area contributed by atoms with E-state index < -0.39 is 0 Å². The van der Waals surface area contributed by atoms with Gasteiger partial charge in [0.15, 0.2) is 0 Å². The number of rotatable bonds is 5. The predicted molar refractivity (Wildman–Crippen MR) is 64.1 cm³/mol. The van der Waals surface area contributed by atoms with Crippen molar-refractivity contribution in [2.75, 3.05) is 27.2 Å². The highest BCUT2D eigenvalue weighted by Crippen LogP contribution is 2.13. The fourth-order valence-electron chi connectivity index (χ4n) is 1.12. The summed E-state index contributed by atoms with van der Waals surface area (Å²) in [6.07, 6.45) is 0. The highest BCUT2D eigenvalue weighted by atomic mass is 16.5. The number of likely N-dealkylation sites (N-methyl/N-ethyl adjacent to an activating group) is 1. The Morgan fingerprint density at radius 1 is 1.41 bits per heavy atom. The minimum Gasteiger partial charge on any atom is -0.461 e. The van der Waals surface area contributed by atoms with Gasteiger partial charge in [-0.3, -0.25) is 0 Å². The lowest BCUT2D eigenvalue weighted by Crippen LogP contribution is -2.20. The van der Waals surface area contributed by atoms with Gasteiger partial charge < -0.3 is 9.64 Å². The van der Waals surface area contributed by atoms with Crippen LogP contribution >= 0.6 is 0 Å². The van der Waals surface area contributed by atoms with Crippen molar-refractivity contribution in [2.24, 2.45) is 5.11 Å². The molecule has 0 aliphatic rings. The van der Waals surface area contributed by atoms with Crippen molar-refractivity contribution < 1.29 is 9.53 Å². The molecule has 0 aromatic heterocycles. The lowest BCUT2D eigenvalue weighted by molar-refractivity contribution is 0.0482. The quantitative estimate of drug-likeness (QED) is 0.339. The summed E-state index contributed by atoms with van der Waals surface area (Å²) < 4.78 is 5.05. The number of carbonyl (C=O) groups is 1. The number of ether oxygens (including phenoxy) is 1. The molecule has 6 heteroatoms. The van der Waals surface area contributed by atoms with E-state index in [9.17, 15) is 4.79 Å². The van der Waals surface area contributed by atoms with Crippen LogP contribution in [0, 0.1) is 0 Å². The third kappa shape index (κ3) is 4.55. The first-order chi connectivity index (χ1) is 8.13. The first kappa shape index (κ1) is 13.0. The Balaban J connectivity index is 2.54. The first-order valence-electron chi connectivity index (χ1n) is 5.10. The molecule has 6 nitrogen and oxygen atoms in total.